The second-order valence-corrected chi connectivity index (χ2v) is 2.86. The molecule has 0 aromatic carbocycles. The van der Waals surface area contributed by atoms with Gasteiger partial charge in [0.25, 0.3) is 0 Å². The molecule has 2 aromatic heterocycles. The molecule has 1 unspecified atom stereocenters. The van der Waals surface area contributed by atoms with Crippen molar-refractivity contribution in [2.45, 2.75) is 0 Å². The molecule has 0 aliphatic rings. The quantitative estimate of drug-likeness (QED) is 0.496. The van der Waals surface area contributed by atoms with Crippen LogP contribution >= 0.6 is 0 Å². The Balaban J connectivity index is 2.86. The van der Waals surface area contributed by atoms with Gasteiger partial charge in [-0.1, -0.05) is 0 Å². The third-order valence-electron chi connectivity index (χ3n) is 1.10. The molecule has 0 amide bonds. The zero-order chi connectivity index (χ0) is 6.97. The van der Waals surface area contributed by atoms with Gasteiger partial charge in [-0.05, 0) is 0 Å². The predicted octanol–water partition coefficient (Wildman–Crippen LogP) is -1.99. The average Bonchev–Trinajstić information content (AvgIpc) is 2.33. The zero-order valence-electron chi connectivity index (χ0n) is 4.94. The molecular weight excluding hydrogens is 193 g/mol. The van der Waals surface area contributed by atoms with Crippen LogP contribution in [-0.2, 0) is 0 Å². The number of rotatable bonds is 0. The van der Waals surface area contributed by atoms with E-state index in [0.717, 1.165) is 10.1 Å². The van der Waals surface area contributed by atoms with Gasteiger partial charge >= 0.3 is 64.2 Å². The molecule has 0 fully saturated rings. The van der Waals surface area contributed by atoms with Gasteiger partial charge in [0.1, 0.15) is 0 Å². The number of aromatic amines is 1. The van der Waals surface area contributed by atoms with Gasteiger partial charge in [0.05, 0.1) is 0 Å². The van der Waals surface area contributed by atoms with Crippen molar-refractivity contribution in [1.82, 2.24) is 25.4 Å². The van der Waals surface area contributed by atoms with E-state index in [1.165, 1.54) is 16.9 Å². The first kappa shape index (κ1) is 5.80. The molecule has 2 rings (SSSR count). The normalized spacial score (nSPS) is 10.5. The molecule has 10 heavy (non-hydrogen) atoms. The monoisotopic (exact) mass is 197 g/mol. The first-order valence-electron chi connectivity index (χ1n) is 2.65. The Morgan fingerprint density at radius 3 is 3.30 bits per heavy atom. The Kier molecular flexibility index (Phi) is 1.17. The number of fused-ring (bicyclic) bond motifs is 1. The molecule has 0 aliphatic carbocycles. The van der Waals surface area contributed by atoms with Crippen LogP contribution in [0.3, 0.4) is 0 Å². The fraction of sp³-hybridized carbons (Fsp3) is 0. The van der Waals surface area contributed by atoms with Gasteiger partial charge in [-0.2, -0.15) is 0 Å². The van der Waals surface area contributed by atoms with Gasteiger partial charge in [0.15, 0.2) is 0 Å². The molecular formula is C4H4AsN5. The van der Waals surface area contributed by atoms with Crippen LogP contribution in [0, 0.1) is 0 Å². The summed E-state index contributed by atoms with van der Waals surface area (Å²) in [7, 11) is 0. The van der Waals surface area contributed by atoms with Gasteiger partial charge in [-0.3, -0.25) is 0 Å². The predicted molar refractivity (Wildman–Crippen MR) is 37.7 cm³/mol. The van der Waals surface area contributed by atoms with Crippen molar-refractivity contribution in [2.24, 2.45) is 0 Å². The van der Waals surface area contributed by atoms with E-state index in [-0.39, 0.29) is 0 Å². The maximum absolute atomic E-state index is 4.05. The summed E-state index contributed by atoms with van der Waals surface area (Å²) < 4.78 is 0.772. The summed E-state index contributed by atoms with van der Waals surface area (Å²) in [5.41, 5.74) is 1.41. The molecule has 5 nitrogen and oxygen atoms in total. The summed E-state index contributed by atoms with van der Waals surface area (Å²) in [4.78, 5) is 8.03. The van der Waals surface area contributed by atoms with E-state index in [1.807, 2.05) is 0 Å². The molecule has 1 N–H and O–H groups in total. The Bertz CT molecular complexity index is 355. The van der Waals surface area contributed by atoms with Crippen molar-refractivity contribution >= 4 is 32.6 Å². The van der Waals surface area contributed by atoms with Crippen LogP contribution in [0.1, 0.15) is 0 Å². The van der Waals surface area contributed by atoms with Crippen LogP contribution in [0.5, 0.6) is 0 Å². The number of aromatic nitrogens is 5. The molecule has 0 aliphatic heterocycles. The molecule has 0 saturated heterocycles. The molecule has 1 atom stereocenters. The maximum atomic E-state index is 4.05. The summed E-state index contributed by atoms with van der Waals surface area (Å²) in [5, 5.41) is 9.97. The van der Waals surface area contributed by atoms with Crippen molar-refractivity contribution < 1.29 is 0 Å². The van der Waals surface area contributed by atoms with E-state index >= 15 is 0 Å². The van der Waals surface area contributed by atoms with E-state index < -0.39 is 0 Å². The van der Waals surface area contributed by atoms with Crippen LogP contribution in [-0.4, -0.2) is 42.2 Å². The Morgan fingerprint density at radius 1 is 1.50 bits per heavy atom. The van der Waals surface area contributed by atoms with Gasteiger partial charge < -0.3 is 0 Å². The topological polar surface area (TPSA) is 67.3 Å². The second kappa shape index (κ2) is 2.02. The minimum absolute atomic E-state index is 0.634. The van der Waals surface area contributed by atoms with Crippen molar-refractivity contribution in [1.29, 1.82) is 0 Å². The van der Waals surface area contributed by atoms with E-state index in [1.54, 1.807) is 6.20 Å². The second-order valence-electron chi connectivity index (χ2n) is 1.78. The van der Waals surface area contributed by atoms with Crippen LogP contribution in [0.4, 0.5) is 0 Å². The van der Waals surface area contributed by atoms with E-state index in [9.17, 15) is 0 Å². The number of hydrogen-bond donors (Lipinski definition) is 1. The van der Waals surface area contributed by atoms with E-state index in [2.05, 4.69) is 25.4 Å². The standard InChI is InChI=1S/C4H4AsN5/c5-4-6-1-2-3(7-4)9-10-8-2/h1H,5H2,(H,6,7,8,9,10). The molecule has 0 radical (unpaired) electrons. The molecule has 0 bridgehead atoms. The van der Waals surface area contributed by atoms with Crippen LogP contribution in [0.25, 0.3) is 11.2 Å². The summed E-state index contributed by atoms with van der Waals surface area (Å²) >= 11 is 1.38. The van der Waals surface area contributed by atoms with Crippen molar-refractivity contribution in [2.75, 3.05) is 0 Å². The summed E-state index contributed by atoms with van der Waals surface area (Å²) in [6.07, 6.45) is 1.68. The van der Waals surface area contributed by atoms with Crippen molar-refractivity contribution in [3.63, 3.8) is 0 Å². The number of H-pyrrole nitrogens is 1. The third-order valence-corrected chi connectivity index (χ3v) is 1.69. The van der Waals surface area contributed by atoms with Crippen molar-refractivity contribution in [3.8, 4) is 0 Å². The SMILES string of the molecule is [AsH2]c1ncc2[nH]nnc2n1. The first-order chi connectivity index (χ1) is 4.86. The van der Waals surface area contributed by atoms with Gasteiger partial charge in [-0.25, -0.2) is 0 Å². The molecule has 0 saturated carbocycles. The van der Waals surface area contributed by atoms with Crippen molar-refractivity contribution in [3.05, 3.63) is 6.20 Å². The summed E-state index contributed by atoms with van der Waals surface area (Å²) in [6.45, 7) is 0. The fourth-order valence-corrected chi connectivity index (χ4v) is 1.08. The molecule has 0 spiro atoms. The molecule has 2 heterocycles. The average molecular weight is 197 g/mol. The Labute approximate surface area is 64.8 Å². The third kappa shape index (κ3) is 0.789. The van der Waals surface area contributed by atoms with Gasteiger partial charge in [0, 0.05) is 0 Å². The van der Waals surface area contributed by atoms with Gasteiger partial charge in [0.2, 0.25) is 0 Å². The van der Waals surface area contributed by atoms with Crippen LogP contribution in [0.15, 0.2) is 6.20 Å². The number of hydrogen-bond acceptors (Lipinski definition) is 4. The summed E-state index contributed by atoms with van der Waals surface area (Å²) in [5.74, 6) is 0. The Morgan fingerprint density at radius 2 is 2.40 bits per heavy atom. The van der Waals surface area contributed by atoms with Gasteiger partial charge in [-0.15, -0.1) is 0 Å². The zero-order valence-corrected chi connectivity index (χ0v) is 7.37. The molecule has 2 aromatic rings. The molecule has 6 heteroatoms. The summed E-state index contributed by atoms with van der Waals surface area (Å²) in [6, 6.07) is 0. The fourth-order valence-electron chi connectivity index (χ4n) is 0.667. The van der Waals surface area contributed by atoms with E-state index in [0.29, 0.717) is 5.65 Å². The Hall–Kier alpha value is -0.962. The van der Waals surface area contributed by atoms with Crippen LogP contribution < -0.4 is 4.61 Å². The number of nitrogens with one attached hydrogen (secondary N) is 1. The first-order valence-corrected chi connectivity index (χ1v) is 3.86. The molecule has 50 valence electrons. The number of nitrogens with zero attached hydrogens (tertiary/aromatic N) is 4. The van der Waals surface area contributed by atoms with E-state index in [4.69, 9.17) is 0 Å². The van der Waals surface area contributed by atoms with Crippen LogP contribution in [0.2, 0.25) is 0 Å². The minimum atomic E-state index is 0.634.